The molecule has 0 spiro atoms. The van der Waals surface area contributed by atoms with Crippen molar-refractivity contribution in [2.24, 2.45) is 0 Å². The van der Waals surface area contributed by atoms with Gasteiger partial charge in [-0.05, 0) is 30.7 Å². The van der Waals surface area contributed by atoms with E-state index in [1.54, 1.807) is 14.2 Å². The molecular formula is C14H20N2O2. The van der Waals surface area contributed by atoms with Crippen molar-refractivity contribution in [3.05, 3.63) is 29.5 Å². The Balaban J connectivity index is 2.22. The Morgan fingerprint density at radius 3 is 2.83 bits per heavy atom. The summed E-state index contributed by atoms with van der Waals surface area (Å²) in [5.74, 6) is 0.889. The van der Waals surface area contributed by atoms with E-state index in [0.29, 0.717) is 0 Å². The van der Waals surface area contributed by atoms with Crippen LogP contribution in [-0.2, 0) is 11.3 Å². The van der Waals surface area contributed by atoms with E-state index in [1.807, 2.05) is 6.07 Å². The van der Waals surface area contributed by atoms with Crippen molar-refractivity contribution in [1.82, 2.24) is 10.3 Å². The van der Waals surface area contributed by atoms with Crippen LogP contribution in [0.5, 0.6) is 5.75 Å². The summed E-state index contributed by atoms with van der Waals surface area (Å²) in [6, 6.07) is 6.10. The zero-order chi connectivity index (χ0) is 13.0. The fraction of sp³-hybridized carbons (Fsp3) is 0.429. The van der Waals surface area contributed by atoms with Crippen molar-refractivity contribution in [2.75, 3.05) is 27.4 Å². The number of methoxy groups -OCH3 is 2. The number of nitrogens with one attached hydrogen (secondary N) is 2. The van der Waals surface area contributed by atoms with Gasteiger partial charge in [0.05, 0.1) is 13.7 Å². The molecule has 0 aliphatic heterocycles. The maximum absolute atomic E-state index is 5.28. The third-order valence-electron chi connectivity index (χ3n) is 3.11. The van der Waals surface area contributed by atoms with Gasteiger partial charge in [-0.2, -0.15) is 0 Å². The number of benzene rings is 1. The highest BCUT2D eigenvalue weighted by Crippen LogP contribution is 2.26. The van der Waals surface area contributed by atoms with Crippen LogP contribution in [0.3, 0.4) is 0 Å². The van der Waals surface area contributed by atoms with E-state index in [0.717, 1.165) is 31.0 Å². The molecule has 0 amide bonds. The van der Waals surface area contributed by atoms with Gasteiger partial charge in [0.1, 0.15) is 5.75 Å². The maximum Gasteiger partial charge on any atom is 0.119 e. The van der Waals surface area contributed by atoms with Crippen molar-refractivity contribution in [2.45, 2.75) is 13.5 Å². The van der Waals surface area contributed by atoms with Gasteiger partial charge in [0.2, 0.25) is 0 Å². The van der Waals surface area contributed by atoms with Gasteiger partial charge >= 0.3 is 0 Å². The number of H-pyrrole nitrogens is 1. The molecule has 0 fully saturated rings. The van der Waals surface area contributed by atoms with E-state index in [9.17, 15) is 0 Å². The first-order valence-electron chi connectivity index (χ1n) is 6.11. The number of ether oxygens (including phenoxy) is 2. The fourth-order valence-electron chi connectivity index (χ4n) is 2.10. The average Bonchev–Trinajstić information content (AvgIpc) is 2.70. The molecule has 0 saturated heterocycles. The summed E-state index contributed by atoms with van der Waals surface area (Å²) >= 11 is 0. The number of hydrogen-bond donors (Lipinski definition) is 2. The van der Waals surface area contributed by atoms with Gasteiger partial charge in [-0.15, -0.1) is 0 Å². The number of aryl methyl sites for hydroxylation is 1. The van der Waals surface area contributed by atoms with E-state index >= 15 is 0 Å². The first kappa shape index (κ1) is 12.9. The predicted octanol–water partition coefficient (Wildman–Crippen LogP) is 2.22. The zero-order valence-corrected chi connectivity index (χ0v) is 11.2. The molecular weight excluding hydrogens is 228 g/mol. The lowest BCUT2D eigenvalue weighted by Crippen LogP contribution is -2.18. The van der Waals surface area contributed by atoms with Crippen LogP contribution < -0.4 is 10.1 Å². The quantitative estimate of drug-likeness (QED) is 0.771. The molecule has 1 heterocycles. The van der Waals surface area contributed by atoms with Crippen molar-refractivity contribution in [3.63, 3.8) is 0 Å². The van der Waals surface area contributed by atoms with Crippen molar-refractivity contribution in [1.29, 1.82) is 0 Å². The van der Waals surface area contributed by atoms with Crippen LogP contribution in [0.25, 0.3) is 10.9 Å². The van der Waals surface area contributed by atoms with Crippen LogP contribution in [0.15, 0.2) is 18.2 Å². The standard InChI is InChI=1S/C14H20N2O2/c1-10-13(9-15-6-7-17-2)12-8-11(18-3)4-5-14(12)16-10/h4-5,8,15-16H,6-7,9H2,1-3H3. The molecule has 0 aliphatic carbocycles. The minimum Gasteiger partial charge on any atom is -0.497 e. The topological polar surface area (TPSA) is 46.3 Å². The summed E-state index contributed by atoms with van der Waals surface area (Å²) in [4.78, 5) is 3.39. The lowest BCUT2D eigenvalue weighted by atomic mass is 10.1. The normalized spacial score (nSPS) is 11.1. The molecule has 0 saturated carbocycles. The third-order valence-corrected chi connectivity index (χ3v) is 3.11. The number of fused-ring (bicyclic) bond motifs is 1. The van der Waals surface area contributed by atoms with Crippen molar-refractivity contribution < 1.29 is 9.47 Å². The third kappa shape index (κ3) is 2.66. The van der Waals surface area contributed by atoms with Crippen LogP contribution in [-0.4, -0.2) is 32.4 Å². The number of aromatic nitrogens is 1. The molecule has 4 heteroatoms. The Labute approximate surface area is 107 Å². The van der Waals surface area contributed by atoms with Gasteiger partial charge in [0.25, 0.3) is 0 Å². The smallest absolute Gasteiger partial charge is 0.119 e. The Morgan fingerprint density at radius 1 is 1.28 bits per heavy atom. The van der Waals surface area contributed by atoms with Crippen LogP contribution in [0.1, 0.15) is 11.3 Å². The highest BCUT2D eigenvalue weighted by atomic mass is 16.5. The molecule has 18 heavy (non-hydrogen) atoms. The summed E-state index contributed by atoms with van der Waals surface area (Å²) in [5.41, 5.74) is 3.64. The minimum atomic E-state index is 0.727. The van der Waals surface area contributed by atoms with E-state index in [1.165, 1.54) is 16.6 Å². The Bertz CT molecular complexity index is 520. The van der Waals surface area contributed by atoms with E-state index in [-0.39, 0.29) is 0 Å². The monoisotopic (exact) mass is 248 g/mol. The molecule has 4 nitrogen and oxygen atoms in total. The van der Waals surface area contributed by atoms with Gasteiger partial charge in [0, 0.05) is 36.8 Å². The summed E-state index contributed by atoms with van der Waals surface area (Å²) in [6.07, 6.45) is 0. The molecule has 2 N–H and O–H groups in total. The first-order chi connectivity index (χ1) is 8.76. The van der Waals surface area contributed by atoms with Gasteiger partial charge in [-0.1, -0.05) is 0 Å². The van der Waals surface area contributed by atoms with Crippen LogP contribution in [0.4, 0.5) is 0 Å². The Kier molecular flexibility index (Phi) is 4.23. The lowest BCUT2D eigenvalue weighted by molar-refractivity contribution is 0.199. The van der Waals surface area contributed by atoms with Gasteiger partial charge in [-0.3, -0.25) is 0 Å². The van der Waals surface area contributed by atoms with E-state index in [4.69, 9.17) is 9.47 Å². The fourth-order valence-corrected chi connectivity index (χ4v) is 2.10. The molecule has 1 aromatic carbocycles. The molecule has 0 bridgehead atoms. The van der Waals surface area contributed by atoms with Gasteiger partial charge < -0.3 is 19.8 Å². The number of hydrogen-bond acceptors (Lipinski definition) is 3. The van der Waals surface area contributed by atoms with Crippen molar-refractivity contribution in [3.8, 4) is 5.75 Å². The van der Waals surface area contributed by atoms with Crippen LogP contribution in [0.2, 0.25) is 0 Å². The molecule has 0 unspecified atom stereocenters. The summed E-state index contributed by atoms with van der Waals surface area (Å²) < 4.78 is 10.3. The largest absolute Gasteiger partial charge is 0.497 e. The molecule has 0 atom stereocenters. The van der Waals surface area contributed by atoms with Gasteiger partial charge in [0.15, 0.2) is 0 Å². The van der Waals surface area contributed by atoms with Crippen LogP contribution in [0, 0.1) is 6.92 Å². The molecule has 0 radical (unpaired) electrons. The Hall–Kier alpha value is -1.52. The summed E-state index contributed by atoms with van der Waals surface area (Å²) in [6.45, 7) is 4.51. The van der Waals surface area contributed by atoms with Gasteiger partial charge in [-0.25, -0.2) is 0 Å². The first-order valence-corrected chi connectivity index (χ1v) is 6.11. The second-order valence-electron chi connectivity index (χ2n) is 4.31. The second kappa shape index (κ2) is 5.89. The van der Waals surface area contributed by atoms with E-state index in [2.05, 4.69) is 29.4 Å². The molecule has 0 aliphatic rings. The average molecular weight is 248 g/mol. The number of aromatic amines is 1. The molecule has 98 valence electrons. The van der Waals surface area contributed by atoms with Crippen LogP contribution >= 0.6 is 0 Å². The highest BCUT2D eigenvalue weighted by Gasteiger charge is 2.08. The highest BCUT2D eigenvalue weighted by molar-refractivity contribution is 5.85. The predicted molar refractivity (Wildman–Crippen MR) is 73.2 cm³/mol. The summed E-state index contributed by atoms with van der Waals surface area (Å²) in [5, 5.41) is 4.59. The molecule has 1 aromatic heterocycles. The molecule has 2 rings (SSSR count). The Morgan fingerprint density at radius 2 is 2.11 bits per heavy atom. The molecule has 2 aromatic rings. The minimum absolute atomic E-state index is 0.727. The second-order valence-corrected chi connectivity index (χ2v) is 4.31. The maximum atomic E-state index is 5.28. The SMILES string of the molecule is COCCNCc1c(C)[nH]c2ccc(OC)cc12. The summed E-state index contributed by atoms with van der Waals surface area (Å²) in [7, 11) is 3.40. The van der Waals surface area contributed by atoms with E-state index < -0.39 is 0 Å². The van der Waals surface area contributed by atoms with Crippen molar-refractivity contribution >= 4 is 10.9 Å². The lowest BCUT2D eigenvalue weighted by Gasteiger charge is -2.05. The zero-order valence-electron chi connectivity index (χ0n) is 11.2. The number of rotatable bonds is 6.